The Bertz CT molecular complexity index is 1050. The van der Waals surface area contributed by atoms with Gasteiger partial charge in [0, 0.05) is 49.1 Å². The number of aliphatic hydroxyl groups is 1. The van der Waals surface area contributed by atoms with Crippen molar-refractivity contribution in [3.63, 3.8) is 0 Å². The van der Waals surface area contributed by atoms with Gasteiger partial charge in [-0.2, -0.15) is 31.3 Å². The average Bonchev–Trinajstić information content (AvgIpc) is 2.79. The second-order valence-corrected chi connectivity index (χ2v) is 9.04. The Labute approximate surface area is 203 Å². The largest absolute Gasteiger partial charge is 0.430 e. The molecule has 3 rings (SSSR count). The van der Waals surface area contributed by atoms with Crippen molar-refractivity contribution in [3.05, 3.63) is 47.2 Å². The molecule has 3 N–H and O–H groups in total. The summed E-state index contributed by atoms with van der Waals surface area (Å²) < 4.78 is 78.2. The van der Waals surface area contributed by atoms with Crippen LogP contribution in [0, 0.1) is 6.92 Å². The van der Waals surface area contributed by atoms with Gasteiger partial charge in [-0.15, -0.1) is 0 Å². The number of alkyl halides is 6. The molecule has 1 aromatic carbocycles. The molecule has 0 atom stereocenters. The average molecular weight is 519 g/mol. The molecule has 7 nitrogen and oxygen atoms in total. The number of hydrogen-bond acceptors (Lipinski definition) is 6. The standard InChI is InChI=1S/C23H27F6N5O2/c1-13-12-30-20(33-18(13)34(2)3)32-17-10-8-16(9-11-17)31-19(35)14-4-6-15(7-5-14)21(36,22(24,25)26)23(27,28)29/h4-7,12,16-17,36H,8-11H2,1-3H3,(H,31,35)(H,30,32,33)/t16-,17+. The van der Waals surface area contributed by atoms with Gasteiger partial charge in [0.1, 0.15) is 5.82 Å². The summed E-state index contributed by atoms with van der Waals surface area (Å²) >= 11 is 0. The van der Waals surface area contributed by atoms with Gasteiger partial charge >= 0.3 is 12.4 Å². The molecule has 0 unspecified atom stereocenters. The highest BCUT2D eigenvalue weighted by Gasteiger charge is 2.71. The van der Waals surface area contributed by atoms with Gasteiger partial charge < -0.3 is 20.6 Å². The molecule has 2 aromatic rings. The Morgan fingerprint density at radius 2 is 1.50 bits per heavy atom. The molecule has 0 radical (unpaired) electrons. The van der Waals surface area contributed by atoms with E-state index in [0.717, 1.165) is 23.5 Å². The van der Waals surface area contributed by atoms with Gasteiger partial charge in [-0.1, -0.05) is 12.1 Å². The highest BCUT2D eigenvalue weighted by molar-refractivity contribution is 5.94. The van der Waals surface area contributed by atoms with E-state index in [4.69, 9.17) is 0 Å². The maximum atomic E-state index is 13.0. The highest BCUT2D eigenvalue weighted by atomic mass is 19.4. The molecular formula is C23H27F6N5O2. The van der Waals surface area contributed by atoms with Crippen LogP contribution in [0.1, 0.15) is 47.2 Å². The van der Waals surface area contributed by atoms with E-state index in [1.807, 2.05) is 25.9 Å². The third kappa shape index (κ3) is 5.66. The van der Waals surface area contributed by atoms with Crippen LogP contribution in [-0.4, -0.2) is 59.5 Å². The van der Waals surface area contributed by atoms with Crippen molar-refractivity contribution >= 4 is 17.7 Å². The predicted octanol–water partition coefficient (Wildman–Crippen LogP) is 4.32. The number of hydrogen-bond donors (Lipinski definition) is 3. The summed E-state index contributed by atoms with van der Waals surface area (Å²) in [6, 6.07) is 2.45. The summed E-state index contributed by atoms with van der Waals surface area (Å²) in [5, 5.41) is 15.5. The first-order valence-corrected chi connectivity index (χ1v) is 11.2. The summed E-state index contributed by atoms with van der Waals surface area (Å²) in [5.41, 5.74) is -5.63. The molecule has 1 heterocycles. The summed E-state index contributed by atoms with van der Waals surface area (Å²) in [6.45, 7) is 1.91. The van der Waals surface area contributed by atoms with Crippen LogP contribution in [-0.2, 0) is 5.60 Å². The maximum absolute atomic E-state index is 13.0. The van der Waals surface area contributed by atoms with Gasteiger partial charge in [0.05, 0.1) is 0 Å². The lowest BCUT2D eigenvalue weighted by Crippen LogP contribution is -2.53. The molecule has 36 heavy (non-hydrogen) atoms. The topological polar surface area (TPSA) is 90.4 Å². The summed E-state index contributed by atoms with van der Waals surface area (Å²) in [7, 11) is 3.76. The lowest BCUT2D eigenvalue weighted by Gasteiger charge is -2.32. The number of nitrogens with zero attached hydrogens (tertiary/aromatic N) is 3. The first-order chi connectivity index (χ1) is 16.6. The lowest BCUT2D eigenvalue weighted by molar-refractivity contribution is -0.376. The number of carbonyl (C=O) groups is 1. The van der Waals surface area contributed by atoms with E-state index >= 15 is 0 Å². The van der Waals surface area contributed by atoms with E-state index in [2.05, 4.69) is 20.6 Å². The fourth-order valence-corrected chi connectivity index (χ4v) is 4.14. The second kappa shape index (κ2) is 10.1. The van der Waals surface area contributed by atoms with Crippen molar-refractivity contribution in [2.75, 3.05) is 24.3 Å². The minimum atomic E-state index is -5.99. The van der Waals surface area contributed by atoms with Crippen LogP contribution in [0.15, 0.2) is 30.5 Å². The Kier molecular flexibility index (Phi) is 7.72. The SMILES string of the molecule is Cc1cnc(N[C@H]2CC[C@@H](NC(=O)c3ccc(C(O)(C(F)(F)F)C(F)(F)F)cc3)CC2)nc1N(C)C. The van der Waals surface area contributed by atoms with Crippen LogP contribution in [0.25, 0.3) is 0 Å². The molecule has 198 valence electrons. The predicted molar refractivity (Wildman–Crippen MR) is 121 cm³/mol. The fourth-order valence-electron chi connectivity index (χ4n) is 4.14. The summed E-state index contributed by atoms with van der Waals surface area (Å²) in [6.07, 6.45) is -7.64. The Hall–Kier alpha value is -3.09. The van der Waals surface area contributed by atoms with Crippen LogP contribution < -0.4 is 15.5 Å². The first kappa shape index (κ1) is 27.5. The van der Waals surface area contributed by atoms with Crippen LogP contribution in [0.4, 0.5) is 38.1 Å². The van der Waals surface area contributed by atoms with Crippen LogP contribution >= 0.6 is 0 Å². The third-order valence-corrected chi connectivity index (χ3v) is 6.15. The van der Waals surface area contributed by atoms with Gasteiger partial charge in [-0.3, -0.25) is 4.79 Å². The number of rotatable bonds is 6. The molecule has 0 spiro atoms. The molecule has 1 aliphatic rings. The zero-order valence-electron chi connectivity index (χ0n) is 19.8. The van der Waals surface area contributed by atoms with E-state index < -0.39 is 29.4 Å². The molecule has 0 bridgehead atoms. The van der Waals surface area contributed by atoms with Gasteiger partial charge in [-0.25, -0.2) is 4.98 Å². The number of carbonyl (C=O) groups excluding carboxylic acids is 1. The quantitative estimate of drug-likeness (QED) is 0.493. The monoisotopic (exact) mass is 519 g/mol. The van der Waals surface area contributed by atoms with Crippen molar-refractivity contribution in [2.45, 2.75) is 62.6 Å². The summed E-state index contributed by atoms with van der Waals surface area (Å²) in [5.74, 6) is 0.663. The zero-order chi connectivity index (χ0) is 26.9. The van der Waals surface area contributed by atoms with Gasteiger partial charge in [-0.05, 0) is 44.7 Å². The van der Waals surface area contributed by atoms with Gasteiger partial charge in [0.25, 0.3) is 11.5 Å². The molecule has 1 amide bonds. The van der Waals surface area contributed by atoms with E-state index in [-0.39, 0.29) is 17.6 Å². The van der Waals surface area contributed by atoms with E-state index in [9.17, 15) is 36.2 Å². The Morgan fingerprint density at radius 3 is 2.00 bits per heavy atom. The van der Waals surface area contributed by atoms with E-state index in [1.165, 1.54) is 0 Å². The van der Waals surface area contributed by atoms with Gasteiger partial charge in [0.2, 0.25) is 5.95 Å². The number of anilines is 2. The molecule has 13 heteroatoms. The van der Waals surface area contributed by atoms with Crippen LogP contribution in [0.2, 0.25) is 0 Å². The highest BCUT2D eigenvalue weighted by Crippen LogP contribution is 2.49. The summed E-state index contributed by atoms with van der Waals surface area (Å²) in [4.78, 5) is 23.2. The second-order valence-electron chi connectivity index (χ2n) is 9.04. The molecular weight excluding hydrogens is 492 g/mol. The normalized spacial score (nSPS) is 19.1. The Balaban J connectivity index is 1.59. The van der Waals surface area contributed by atoms with Crippen molar-refractivity contribution in [3.8, 4) is 0 Å². The number of amides is 1. The molecule has 0 aliphatic heterocycles. The number of halogens is 6. The van der Waals surface area contributed by atoms with Crippen molar-refractivity contribution in [1.29, 1.82) is 0 Å². The molecule has 0 saturated heterocycles. The van der Waals surface area contributed by atoms with Crippen LogP contribution in [0.3, 0.4) is 0 Å². The smallest absolute Gasteiger partial charge is 0.369 e. The minimum Gasteiger partial charge on any atom is -0.369 e. The number of benzene rings is 1. The molecule has 1 aromatic heterocycles. The Morgan fingerprint density at radius 1 is 0.972 bits per heavy atom. The van der Waals surface area contributed by atoms with Crippen LogP contribution in [0.5, 0.6) is 0 Å². The molecule has 1 fully saturated rings. The van der Waals surface area contributed by atoms with E-state index in [0.29, 0.717) is 43.8 Å². The van der Waals surface area contributed by atoms with Gasteiger partial charge in [0.15, 0.2) is 0 Å². The van der Waals surface area contributed by atoms with Crippen molar-refractivity contribution < 1.29 is 36.2 Å². The third-order valence-electron chi connectivity index (χ3n) is 6.15. The number of aryl methyl sites for hydroxylation is 1. The lowest BCUT2D eigenvalue weighted by atomic mass is 9.90. The fraction of sp³-hybridized carbons (Fsp3) is 0.522. The van der Waals surface area contributed by atoms with E-state index in [1.54, 1.807) is 6.20 Å². The first-order valence-electron chi connectivity index (χ1n) is 11.2. The maximum Gasteiger partial charge on any atom is 0.430 e. The number of aromatic nitrogens is 2. The van der Waals surface area contributed by atoms with Crippen molar-refractivity contribution in [1.82, 2.24) is 15.3 Å². The molecule has 1 aliphatic carbocycles. The zero-order valence-corrected chi connectivity index (χ0v) is 19.8. The minimum absolute atomic E-state index is 0.0811. The number of nitrogens with one attached hydrogen (secondary N) is 2. The van der Waals surface area contributed by atoms with Crippen molar-refractivity contribution in [2.24, 2.45) is 0 Å². The molecule has 1 saturated carbocycles.